The molecule has 1 unspecified atom stereocenters. The lowest BCUT2D eigenvalue weighted by Crippen LogP contribution is -2.21. The molecule has 0 fully saturated rings. The summed E-state index contributed by atoms with van der Waals surface area (Å²) in [7, 11) is 0. The summed E-state index contributed by atoms with van der Waals surface area (Å²) < 4.78 is 0.936. The predicted octanol–water partition coefficient (Wildman–Crippen LogP) is 5.17. The minimum absolute atomic E-state index is 0.222. The fourth-order valence-corrected chi connectivity index (χ4v) is 3.30. The summed E-state index contributed by atoms with van der Waals surface area (Å²) in [5, 5.41) is 4.27. The fourth-order valence-electron chi connectivity index (χ4n) is 1.89. The van der Waals surface area contributed by atoms with E-state index in [2.05, 4.69) is 53.3 Å². The lowest BCUT2D eigenvalue weighted by atomic mass is 10.1. The Morgan fingerprint density at radius 3 is 2.67 bits per heavy atom. The number of hydrogen-bond donors (Lipinski definition) is 1. The zero-order valence-electron chi connectivity index (χ0n) is 10.3. The number of benzene rings is 1. The van der Waals surface area contributed by atoms with E-state index in [0.717, 1.165) is 16.0 Å². The van der Waals surface area contributed by atoms with Gasteiger partial charge in [0.25, 0.3) is 0 Å². The first-order valence-electron chi connectivity index (χ1n) is 5.86. The van der Waals surface area contributed by atoms with Gasteiger partial charge in [-0.05, 0) is 59.2 Å². The third-order valence-corrected chi connectivity index (χ3v) is 5.03. The van der Waals surface area contributed by atoms with Crippen molar-refractivity contribution in [1.29, 1.82) is 0 Å². The largest absolute Gasteiger partial charge is 0.306 e. The van der Waals surface area contributed by atoms with Gasteiger partial charge in [0, 0.05) is 14.2 Å². The van der Waals surface area contributed by atoms with Crippen molar-refractivity contribution in [3.63, 3.8) is 0 Å². The minimum atomic E-state index is 0.222. The topological polar surface area (TPSA) is 12.0 Å². The van der Waals surface area contributed by atoms with Crippen LogP contribution in [0.25, 0.3) is 0 Å². The van der Waals surface area contributed by atoms with Crippen molar-refractivity contribution < 1.29 is 0 Å². The lowest BCUT2D eigenvalue weighted by Gasteiger charge is -2.17. The van der Waals surface area contributed by atoms with Crippen molar-refractivity contribution in [2.45, 2.75) is 19.9 Å². The van der Waals surface area contributed by atoms with Crippen LogP contribution in [0.2, 0.25) is 5.02 Å². The van der Waals surface area contributed by atoms with Crippen LogP contribution >= 0.6 is 38.9 Å². The highest BCUT2D eigenvalue weighted by atomic mass is 79.9. The maximum absolute atomic E-state index is 6.18. The Kier molecular flexibility index (Phi) is 4.84. The second-order valence-corrected chi connectivity index (χ2v) is 6.69. The summed E-state index contributed by atoms with van der Waals surface area (Å²) in [6, 6.07) is 10.7. The average molecular weight is 345 g/mol. The molecule has 0 spiro atoms. The summed E-state index contributed by atoms with van der Waals surface area (Å²) in [5.41, 5.74) is 1.20. The molecule has 0 bridgehead atoms. The molecule has 1 aromatic carbocycles. The number of thiophene rings is 1. The minimum Gasteiger partial charge on any atom is -0.306 e. The Morgan fingerprint density at radius 2 is 2.11 bits per heavy atom. The van der Waals surface area contributed by atoms with Gasteiger partial charge in [0.05, 0.1) is 11.1 Å². The highest BCUT2D eigenvalue weighted by molar-refractivity contribution is 9.10. The molecule has 1 aromatic heterocycles. The molecule has 0 aliphatic carbocycles. The van der Waals surface area contributed by atoms with E-state index < -0.39 is 0 Å². The Hall–Kier alpha value is -0.350. The van der Waals surface area contributed by atoms with Gasteiger partial charge in [0.1, 0.15) is 0 Å². The van der Waals surface area contributed by atoms with Crippen LogP contribution in [0.4, 0.5) is 0 Å². The van der Waals surface area contributed by atoms with Crippen LogP contribution in [0.1, 0.15) is 28.3 Å². The first-order chi connectivity index (χ1) is 8.61. The van der Waals surface area contributed by atoms with Gasteiger partial charge in [0.2, 0.25) is 0 Å². The molecule has 0 radical (unpaired) electrons. The summed E-state index contributed by atoms with van der Waals surface area (Å²) in [4.78, 5) is 2.66. The van der Waals surface area contributed by atoms with Gasteiger partial charge in [-0.15, -0.1) is 11.3 Å². The highest BCUT2D eigenvalue weighted by Crippen LogP contribution is 2.32. The van der Waals surface area contributed by atoms with E-state index in [1.165, 1.54) is 15.3 Å². The van der Waals surface area contributed by atoms with Crippen LogP contribution < -0.4 is 5.32 Å². The van der Waals surface area contributed by atoms with Gasteiger partial charge in [-0.25, -0.2) is 0 Å². The van der Waals surface area contributed by atoms with Crippen molar-refractivity contribution in [2.24, 2.45) is 0 Å². The van der Waals surface area contributed by atoms with E-state index in [0.29, 0.717) is 0 Å². The maximum atomic E-state index is 6.18. The van der Waals surface area contributed by atoms with Crippen molar-refractivity contribution in [2.75, 3.05) is 6.54 Å². The summed E-state index contributed by atoms with van der Waals surface area (Å²) in [5.74, 6) is 0. The van der Waals surface area contributed by atoms with Gasteiger partial charge in [-0.3, -0.25) is 0 Å². The number of hydrogen-bond acceptors (Lipinski definition) is 2. The molecule has 0 amide bonds. The Balaban J connectivity index is 2.37. The fraction of sp³-hybridized carbons (Fsp3) is 0.286. The van der Waals surface area contributed by atoms with E-state index in [-0.39, 0.29) is 6.04 Å². The molecule has 4 heteroatoms. The molecule has 1 atom stereocenters. The van der Waals surface area contributed by atoms with Crippen LogP contribution in [-0.2, 0) is 0 Å². The lowest BCUT2D eigenvalue weighted by molar-refractivity contribution is 0.639. The molecule has 1 N–H and O–H groups in total. The number of nitrogens with one attached hydrogen (secondary N) is 1. The molecular formula is C14H15BrClNS. The van der Waals surface area contributed by atoms with Gasteiger partial charge in [-0.2, -0.15) is 0 Å². The zero-order valence-corrected chi connectivity index (χ0v) is 13.5. The SMILES string of the molecule is CCNC(c1ccc(Br)c(Cl)c1)c1ccc(C)s1. The molecule has 2 rings (SSSR count). The summed E-state index contributed by atoms with van der Waals surface area (Å²) in [6.07, 6.45) is 0. The third-order valence-electron chi connectivity index (χ3n) is 2.73. The monoisotopic (exact) mass is 343 g/mol. The molecule has 2 aromatic rings. The van der Waals surface area contributed by atoms with Crippen molar-refractivity contribution in [1.82, 2.24) is 5.32 Å². The predicted molar refractivity (Wildman–Crippen MR) is 83.7 cm³/mol. The average Bonchev–Trinajstić information content (AvgIpc) is 2.76. The molecule has 96 valence electrons. The van der Waals surface area contributed by atoms with E-state index >= 15 is 0 Å². The molecule has 0 saturated heterocycles. The van der Waals surface area contributed by atoms with Gasteiger partial charge in [0.15, 0.2) is 0 Å². The molecule has 1 heterocycles. The van der Waals surface area contributed by atoms with Crippen LogP contribution in [-0.4, -0.2) is 6.54 Å². The Bertz CT molecular complexity index is 538. The number of aryl methyl sites for hydroxylation is 1. The van der Waals surface area contributed by atoms with Crippen molar-refractivity contribution >= 4 is 38.9 Å². The molecular weight excluding hydrogens is 330 g/mol. The van der Waals surface area contributed by atoms with Crippen LogP contribution in [0, 0.1) is 6.92 Å². The summed E-state index contributed by atoms with van der Waals surface area (Å²) in [6.45, 7) is 5.18. The standard InChI is InChI=1S/C14H15BrClNS/c1-3-17-14(13-7-4-9(2)18-13)10-5-6-11(15)12(16)8-10/h4-8,14,17H,3H2,1-2H3. The van der Waals surface area contributed by atoms with E-state index in [1.54, 1.807) is 0 Å². The third kappa shape index (κ3) is 3.15. The second-order valence-electron chi connectivity index (χ2n) is 4.11. The Labute approximate surface area is 125 Å². The summed E-state index contributed by atoms with van der Waals surface area (Å²) >= 11 is 11.4. The van der Waals surface area contributed by atoms with Crippen molar-refractivity contribution in [3.05, 3.63) is 55.1 Å². The molecule has 0 aliphatic heterocycles. The normalized spacial score (nSPS) is 12.7. The van der Waals surface area contributed by atoms with Gasteiger partial charge < -0.3 is 5.32 Å². The quantitative estimate of drug-likeness (QED) is 0.806. The highest BCUT2D eigenvalue weighted by Gasteiger charge is 2.15. The number of halogens is 2. The zero-order chi connectivity index (χ0) is 13.1. The smallest absolute Gasteiger partial charge is 0.0671 e. The molecule has 0 saturated carbocycles. The first kappa shape index (κ1) is 14.1. The van der Waals surface area contributed by atoms with Gasteiger partial charge in [-0.1, -0.05) is 24.6 Å². The van der Waals surface area contributed by atoms with E-state index in [1.807, 2.05) is 23.5 Å². The van der Waals surface area contributed by atoms with Crippen LogP contribution in [0.5, 0.6) is 0 Å². The molecule has 0 aliphatic rings. The van der Waals surface area contributed by atoms with E-state index in [4.69, 9.17) is 11.6 Å². The van der Waals surface area contributed by atoms with Crippen LogP contribution in [0.15, 0.2) is 34.8 Å². The van der Waals surface area contributed by atoms with Crippen molar-refractivity contribution in [3.8, 4) is 0 Å². The maximum Gasteiger partial charge on any atom is 0.0671 e. The molecule has 18 heavy (non-hydrogen) atoms. The van der Waals surface area contributed by atoms with Crippen LogP contribution in [0.3, 0.4) is 0 Å². The van der Waals surface area contributed by atoms with E-state index in [9.17, 15) is 0 Å². The first-order valence-corrected chi connectivity index (χ1v) is 7.85. The molecule has 1 nitrogen and oxygen atoms in total. The van der Waals surface area contributed by atoms with Gasteiger partial charge >= 0.3 is 0 Å². The Morgan fingerprint density at radius 1 is 1.33 bits per heavy atom. The second kappa shape index (κ2) is 6.20. The number of rotatable bonds is 4.